The van der Waals surface area contributed by atoms with Gasteiger partial charge in [0.2, 0.25) is 0 Å². The molecule has 0 heterocycles. The molecule has 3 nitrogen and oxygen atoms in total. The monoisotopic (exact) mass is 383 g/mol. The molecule has 0 rings (SSSR count). The molecule has 0 saturated carbocycles. The molecule has 0 aliphatic rings. The fraction of sp³-hybridized carbons (Fsp3) is 0.909. The van der Waals surface area contributed by atoms with E-state index in [1.807, 2.05) is 0 Å². The number of carbonyl (C=O) groups is 1. The maximum absolute atomic E-state index is 11.3. The summed E-state index contributed by atoms with van der Waals surface area (Å²) in [6, 6.07) is 0. The molecule has 152 valence electrons. The summed E-state index contributed by atoms with van der Waals surface area (Å²) in [7, 11) is 0. The Morgan fingerprint density at radius 1 is 0.808 bits per heavy atom. The van der Waals surface area contributed by atoms with Gasteiger partial charge in [0, 0.05) is 0 Å². The standard InChI is InChI=1S/C22H41NO2S/c1-3-4-5-6-7-8-9-10-11-12-13-14-15-16-17-18-19-26-21(2)22(24)25-20-23/h21H,3-19H2,1-2H3. The molecule has 0 aliphatic heterocycles. The van der Waals surface area contributed by atoms with E-state index in [0.29, 0.717) is 0 Å². The van der Waals surface area contributed by atoms with Gasteiger partial charge in [0.25, 0.3) is 6.26 Å². The number of hydrogen-bond acceptors (Lipinski definition) is 4. The van der Waals surface area contributed by atoms with Gasteiger partial charge >= 0.3 is 5.97 Å². The molecule has 0 amide bonds. The first-order valence-electron chi connectivity index (χ1n) is 10.9. The maximum atomic E-state index is 11.3. The predicted octanol–water partition coefficient (Wildman–Crippen LogP) is 7.39. The smallest absolute Gasteiger partial charge is 0.334 e. The lowest BCUT2D eigenvalue weighted by atomic mass is 10.0. The number of nitrogens with zero attached hydrogens (tertiary/aromatic N) is 1. The van der Waals surface area contributed by atoms with Crippen LogP contribution in [0.1, 0.15) is 117 Å². The molecule has 4 heteroatoms. The summed E-state index contributed by atoms with van der Waals surface area (Å²) in [5.41, 5.74) is 0. The number of hydrogen-bond donors (Lipinski definition) is 0. The Bertz CT molecular complexity index is 355. The van der Waals surface area contributed by atoms with E-state index < -0.39 is 5.97 Å². The third-order valence-corrected chi connectivity index (χ3v) is 6.06. The Kier molecular flexibility index (Phi) is 20.1. The Morgan fingerprint density at radius 3 is 1.58 bits per heavy atom. The molecule has 26 heavy (non-hydrogen) atoms. The Balaban J connectivity index is 3.14. The number of rotatable bonds is 19. The molecule has 0 saturated heterocycles. The Morgan fingerprint density at radius 2 is 1.19 bits per heavy atom. The normalized spacial score (nSPS) is 11.9. The average Bonchev–Trinajstić information content (AvgIpc) is 2.64. The molecule has 0 N–H and O–H groups in total. The van der Waals surface area contributed by atoms with Gasteiger partial charge in [0.1, 0.15) is 5.25 Å². The van der Waals surface area contributed by atoms with Gasteiger partial charge in [0.15, 0.2) is 0 Å². The van der Waals surface area contributed by atoms with Crippen LogP contribution in [0.25, 0.3) is 0 Å². The summed E-state index contributed by atoms with van der Waals surface area (Å²) in [5, 5.41) is 8.07. The topological polar surface area (TPSA) is 50.1 Å². The van der Waals surface area contributed by atoms with Gasteiger partial charge in [0.05, 0.1) is 0 Å². The second-order valence-corrected chi connectivity index (χ2v) is 8.78. The Hall–Kier alpha value is -0.690. The van der Waals surface area contributed by atoms with E-state index in [9.17, 15) is 4.79 Å². The quantitative estimate of drug-likeness (QED) is 0.132. The third-order valence-electron chi connectivity index (χ3n) is 4.84. The fourth-order valence-corrected chi connectivity index (χ4v) is 4.01. The van der Waals surface area contributed by atoms with Crippen molar-refractivity contribution in [3.05, 3.63) is 0 Å². The first kappa shape index (κ1) is 25.3. The maximum Gasteiger partial charge on any atom is 0.334 e. The zero-order valence-corrected chi connectivity index (χ0v) is 18.1. The summed E-state index contributed by atoms with van der Waals surface area (Å²) in [6.07, 6.45) is 23.4. The van der Waals surface area contributed by atoms with Crippen LogP contribution in [-0.2, 0) is 9.53 Å². The van der Waals surface area contributed by atoms with Gasteiger partial charge in [-0.2, -0.15) is 0 Å². The van der Waals surface area contributed by atoms with Crippen LogP contribution in [0.3, 0.4) is 0 Å². The first-order valence-corrected chi connectivity index (χ1v) is 12.0. The van der Waals surface area contributed by atoms with Crippen LogP contribution < -0.4 is 0 Å². The number of ether oxygens (including phenoxy) is 1. The second kappa shape index (κ2) is 20.6. The van der Waals surface area contributed by atoms with Crippen LogP contribution in [0.15, 0.2) is 0 Å². The van der Waals surface area contributed by atoms with Crippen LogP contribution >= 0.6 is 11.8 Å². The summed E-state index contributed by atoms with van der Waals surface area (Å²) in [5.74, 6) is 0.550. The largest absolute Gasteiger partial charge is 0.350 e. The minimum atomic E-state index is -0.422. The SMILES string of the molecule is CCCCCCCCCCCCCCCCCCSC(C)C(=O)OC#N. The summed E-state index contributed by atoms with van der Waals surface area (Å²) in [4.78, 5) is 11.3. The highest BCUT2D eigenvalue weighted by Crippen LogP contribution is 2.17. The molecule has 1 atom stereocenters. The van der Waals surface area contributed by atoms with E-state index in [1.54, 1.807) is 18.7 Å². The van der Waals surface area contributed by atoms with Crippen molar-refractivity contribution in [2.24, 2.45) is 0 Å². The highest BCUT2D eigenvalue weighted by molar-refractivity contribution is 8.00. The lowest BCUT2D eigenvalue weighted by molar-refractivity contribution is -0.136. The second-order valence-electron chi connectivity index (χ2n) is 7.33. The molecule has 0 aromatic rings. The van der Waals surface area contributed by atoms with Gasteiger partial charge in [-0.25, -0.2) is 4.79 Å². The van der Waals surface area contributed by atoms with Crippen molar-refractivity contribution in [1.82, 2.24) is 0 Å². The van der Waals surface area contributed by atoms with E-state index in [1.165, 1.54) is 103 Å². The molecule has 1 unspecified atom stereocenters. The minimum absolute atomic E-state index is 0.231. The van der Waals surface area contributed by atoms with Crippen molar-refractivity contribution >= 4 is 17.7 Å². The van der Waals surface area contributed by atoms with E-state index in [2.05, 4.69) is 11.7 Å². The zero-order chi connectivity index (χ0) is 19.3. The molecule has 0 spiro atoms. The van der Waals surface area contributed by atoms with Gasteiger partial charge in [-0.15, -0.1) is 17.0 Å². The molecule has 0 fully saturated rings. The molecule has 0 radical (unpaired) electrons. The van der Waals surface area contributed by atoms with Crippen molar-refractivity contribution in [3.8, 4) is 6.26 Å². The van der Waals surface area contributed by atoms with Crippen LogP contribution in [-0.4, -0.2) is 17.0 Å². The van der Waals surface area contributed by atoms with Crippen LogP contribution in [0.2, 0.25) is 0 Å². The van der Waals surface area contributed by atoms with Gasteiger partial charge in [-0.3, -0.25) is 0 Å². The average molecular weight is 384 g/mol. The van der Waals surface area contributed by atoms with Crippen molar-refractivity contribution in [2.45, 2.75) is 122 Å². The van der Waals surface area contributed by atoms with E-state index in [0.717, 1.165) is 12.2 Å². The van der Waals surface area contributed by atoms with Gasteiger partial charge < -0.3 is 4.74 Å². The lowest BCUT2D eigenvalue weighted by Gasteiger charge is -2.07. The number of esters is 1. The van der Waals surface area contributed by atoms with E-state index in [-0.39, 0.29) is 5.25 Å². The summed E-state index contributed by atoms with van der Waals surface area (Å²) >= 11 is 1.59. The minimum Gasteiger partial charge on any atom is -0.350 e. The van der Waals surface area contributed by atoms with E-state index >= 15 is 0 Å². The molecule has 0 aliphatic carbocycles. The van der Waals surface area contributed by atoms with Crippen LogP contribution in [0, 0.1) is 11.5 Å². The lowest BCUT2D eigenvalue weighted by Crippen LogP contribution is -2.14. The number of nitriles is 1. The highest BCUT2D eigenvalue weighted by atomic mass is 32.2. The van der Waals surface area contributed by atoms with Crippen molar-refractivity contribution in [3.63, 3.8) is 0 Å². The summed E-state index contributed by atoms with van der Waals surface area (Å²) < 4.78 is 4.33. The number of unbranched alkanes of at least 4 members (excludes halogenated alkanes) is 15. The van der Waals surface area contributed by atoms with Gasteiger partial charge in [-0.05, 0) is 19.1 Å². The zero-order valence-electron chi connectivity index (χ0n) is 17.3. The molecule has 0 aromatic heterocycles. The Labute approximate surface area is 166 Å². The molecule has 0 aromatic carbocycles. The van der Waals surface area contributed by atoms with Crippen LogP contribution in [0.4, 0.5) is 0 Å². The highest BCUT2D eigenvalue weighted by Gasteiger charge is 2.14. The molecular weight excluding hydrogens is 342 g/mol. The number of thioether (sulfide) groups is 1. The first-order chi connectivity index (χ1) is 12.7. The van der Waals surface area contributed by atoms with Crippen molar-refractivity contribution in [1.29, 1.82) is 5.26 Å². The van der Waals surface area contributed by atoms with Crippen LogP contribution in [0.5, 0.6) is 0 Å². The van der Waals surface area contributed by atoms with Crippen molar-refractivity contribution in [2.75, 3.05) is 5.75 Å². The van der Waals surface area contributed by atoms with Crippen molar-refractivity contribution < 1.29 is 9.53 Å². The molecule has 0 bridgehead atoms. The van der Waals surface area contributed by atoms with E-state index in [4.69, 9.17) is 5.26 Å². The summed E-state index contributed by atoms with van der Waals surface area (Å²) in [6.45, 7) is 4.08. The third kappa shape index (κ3) is 18.1. The fourth-order valence-electron chi connectivity index (χ4n) is 3.11. The van der Waals surface area contributed by atoms with Gasteiger partial charge in [-0.1, -0.05) is 103 Å². The number of carbonyl (C=O) groups excluding carboxylic acids is 1. The predicted molar refractivity (Wildman–Crippen MR) is 113 cm³/mol. The molecular formula is C22H41NO2S.